The van der Waals surface area contributed by atoms with Crippen LogP contribution in [0.3, 0.4) is 0 Å². The number of hydrogen-bond donors (Lipinski definition) is 0. The Kier molecular flexibility index (Phi) is 7.93. The molecular formula is C54H36. The Bertz CT molecular complexity index is 3060. The van der Waals surface area contributed by atoms with E-state index in [2.05, 4.69) is 218 Å². The van der Waals surface area contributed by atoms with Gasteiger partial charge >= 0.3 is 0 Å². The molecule has 12 rings (SSSR count). The van der Waals surface area contributed by atoms with Gasteiger partial charge in [0.2, 0.25) is 0 Å². The first-order valence-corrected chi connectivity index (χ1v) is 18.7. The molecule has 0 nitrogen and oxygen atoms in total. The highest BCUT2D eigenvalue weighted by molar-refractivity contribution is 6.20. The lowest BCUT2D eigenvalue weighted by molar-refractivity contribution is 1.77. The number of benzene rings is 12. The van der Waals surface area contributed by atoms with Crippen molar-refractivity contribution < 1.29 is 0 Å². The molecule has 0 bridgehead atoms. The van der Waals surface area contributed by atoms with Crippen molar-refractivity contribution in [2.45, 2.75) is 0 Å². The molecule has 0 saturated carbocycles. The van der Waals surface area contributed by atoms with E-state index in [0.29, 0.717) is 0 Å². The highest BCUT2D eigenvalue weighted by Gasteiger charge is 2.05. The second kappa shape index (κ2) is 13.5. The molecule has 0 radical (unpaired) electrons. The van der Waals surface area contributed by atoms with Crippen molar-refractivity contribution in [2.75, 3.05) is 0 Å². The highest BCUT2D eigenvalue weighted by atomic mass is 14.1. The number of hydrogen-bond acceptors (Lipinski definition) is 0. The van der Waals surface area contributed by atoms with Crippen LogP contribution >= 0.6 is 0 Å². The van der Waals surface area contributed by atoms with Crippen molar-refractivity contribution in [1.29, 1.82) is 0 Å². The van der Waals surface area contributed by atoms with Crippen molar-refractivity contribution in [3.8, 4) is 0 Å². The third kappa shape index (κ3) is 5.85. The van der Waals surface area contributed by atoms with Gasteiger partial charge in [-0.05, 0) is 133 Å². The Morgan fingerprint density at radius 3 is 0.852 bits per heavy atom. The summed E-state index contributed by atoms with van der Waals surface area (Å²) in [5.74, 6) is 0. The van der Waals surface area contributed by atoms with Crippen LogP contribution in [0.1, 0.15) is 0 Å². The van der Waals surface area contributed by atoms with E-state index in [1.165, 1.54) is 97.0 Å². The van der Waals surface area contributed by atoms with Crippen molar-refractivity contribution in [3.63, 3.8) is 0 Å². The Morgan fingerprint density at radius 2 is 0.426 bits per heavy atom. The third-order valence-corrected chi connectivity index (χ3v) is 10.8. The first-order chi connectivity index (χ1) is 26.7. The quantitative estimate of drug-likeness (QED) is 0.110. The fourth-order valence-electron chi connectivity index (χ4n) is 8.11. The summed E-state index contributed by atoms with van der Waals surface area (Å²) >= 11 is 0. The molecule has 0 amide bonds. The second-order valence-electron chi connectivity index (χ2n) is 14.1. The maximum absolute atomic E-state index is 2.30. The van der Waals surface area contributed by atoms with Gasteiger partial charge in [0, 0.05) is 0 Å². The zero-order valence-electron chi connectivity index (χ0n) is 29.8. The minimum Gasteiger partial charge on any atom is -0.0616 e. The molecular weight excluding hydrogens is 649 g/mol. The van der Waals surface area contributed by atoms with Crippen molar-refractivity contribution in [1.82, 2.24) is 0 Å². The SMILES string of the molecule is c1ccc2c(c1)ccc1ccc3ccccc3c12.c1ccc2cc3c(ccc4ccccc43)cc2c1.c1ccc2cc3cc4ccccc4cc3cc2c1. The number of rotatable bonds is 0. The number of fused-ring (bicyclic) bond motifs is 12. The van der Waals surface area contributed by atoms with E-state index >= 15 is 0 Å². The van der Waals surface area contributed by atoms with Gasteiger partial charge in [0.15, 0.2) is 0 Å². The van der Waals surface area contributed by atoms with E-state index in [4.69, 9.17) is 0 Å². The highest BCUT2D eigenvalue weighted by Crippen LogP contribution is 2.33. The summed E-state index contributed by atoms with van der Waals surface area (Å²) in [7, 11) is 0. The molecule has 0 aliphatic rings. The lowest BCUT2D eigenvalue weighted by atomic mass is 9.97. The molecule has 0 atom stereocenters. The van der Waals surface area contributed by atoms with Gasteiger partial charge in [-0.2, -0.15) is 0 Å². The lowest BCUT2D eigenvalue weighted by Crippen LogP contribution is -1.80. The van der Waals surface area contributed by atoms with E-state index in [1.54, 1.807) is 0 Å². The molecule has 0 aromatic heterocycles. The van der Waals surface area contributed by atoms with Crippen LogP contribution < -0.4 is 0 Å². The Balaban J connectivity index is 0.000000100. The molecule has 0 fully saturated rings. The van der Waals surface area contributed by atoms with Crippen LogP contribution in [0.15, 0.2) is 218 Å². The predicted molar refractivity (Wildman–Crippen MR) is 237 cm³/mol. The summed E-state index contributed by atoms with van der Waals surface area (Å²) in [6, 6.07) is 78.3. The van der Waals surface area contributed by atoms with Crippen LogP contribution in [0.4, 0.5) is 0 Å². The molecule has 252 valence electrons. The van der Waals surface area contributed by atoms with E-state index in [1.807, 2.05) is 0 Å². The topological polar surface area (TPSA) is 0 Å². The summed E-state index contributed by atoms with van der Waals surface area (Å²) < 4.78 is 0. The zero-order chi connectivity index (χ0) is 35.8. The Morgan fingerprint density at radius 1 is 0.148 bits per heavy atom. The van der Waals surface area contributed by atoms with Crippen LogP contribution in [-0.4, -0.2) is 0 Å². The van der Waals surface area contributed by atoms with Gasteiger partial charge in [0.1, 0.15) is 0 Å². The molecule has 0 aliphatic heterocycles. The largest absolute Gasteiger partial charge is 0.0616 e. The second-order valence-corrected chi connectivity index (χ2v) is 14.1. The van der Waals surface area contributed by atoms with Crippen LogP contribution in [0.5, 0.6) is 0 Å². The van der Waals surface area contributed by atoms with Gasteiger partial charge in [-0.1, -0.05) is 182 Å². The monoisotopic (exact) mass is 684 g/mol. The van der Waals surface area contributed by atoms with Gasteiger partial charge in [-0.25, -0.2) is 0 Å². The van der Waals surface area contributed by atoms with Crippen molar-refractivity contribution in [2.24, 2.45) is 0 Å². The predicted octanol–water partition coefficient (Wildman–Crippen LogP) is 15.4. The first-order valence-electron chi connectivity index (χ1n) is 18.7. The molecule has 54 heavy (non-hydrogen) atoms. The fourth-order valence-corrected chi connectivity index (χ4v) is 8.11. The standard InChI is InChI=1S/3C18H12/c1-3-7-16-13(5-1)9-11-15-12-10-14-6-2-4-8-17(14)18(15)16;1-2-7-15-12-18-16(11-14(15)6-1)10-9-13-5-3-4-8-17(13)18;1-2-6-14-10-18-12-16-8-4-3-7-15(16)11-17(18)9-13(14)5-1/h3*1-12H. The average Bonchev–Trinajstić information content (AvgIpc) is 3.24. The fraction of sp³-hybridized carbons (Fsp3) is 0. The Hall–Kier alpha value is -7.02. The van der Waals surface area contributed by atoms with Gasteiger partial charge in [-0.3, -0.25) is 0 Å². The molecule has 0 unspecified atom stereocenters. The normalized spacial score (nSPS) is 11.3. The maximum Gasteiger partial charge on any atom is -0.00268 e. The van der Waals surface area contributed by atoms with Crippen LogP contribution in [-0.2, 0) is 0 Å². The summed E-state index contributed by atoms with van der Waals surface area (Å²) in [6.45, 7) is 0. The molecule has 0 heterocycles. The third-order valence-electron chi connectivity index (χ3n) is 10.8. The molecule has 0 heteroatoms. The summed E-state index contributed by atoms with van der Waals surface area (Å²) in [5.41, 5.74) is 0. The molecule has 12 aromatic carbocycles. The minimum absolute atomic E-state index is 1.31. The molecule has 0 aliphatic carbocycles. The molecule has 0 N–H and O–H groups in total. The van der Waals surface area contributed by atoms with Crippen molar-refractivity contribution >= 4 is 97.0 Å². The van der Waals surface area contributed by atoms with E-state index in [9.17, 15) is 0 Å². The van der Waals surface area contributed by atoms with Gasteiger partial charge in [0.25, 0.3) is 0 Å². The summed E-state index contributed by atoms with van der Waals surface area (Å²) in [6.07, 6.45) is 0. The van der Waals surface area contributed by atoms with Crippen LogP contribution in [0.25, 0.3) is 97.0 Å². The van der Waals surface area contributed by atoms with Gasteiger partial charge < -0.3 is 0 Å². The first kappa shape index (κ1) is 31.7. The van der Waals surface area contributed by atoms with Gasteiger partial charge in [0.05, 0.1) is 0 Å². The molecule has 0 spiro atoms. The lowest BCUT2D eigenvalue weighted by Gasteiger charge is -2.07. The van der Waals surface area contributed by atoms with Crippen LogP contribution in [0, 0.1) is 0 Å². The molecule has 0 saturated heterocycles. The zero-order valence-corrected chi connectivity index (χ0v) is 29.8. The average molecular weight is 685 g/mol. The minimum atomic E-state index is 1.31. The van der Waals surface area contributed by atoms with Crippen molar-refractivity contribution in [3.05, 3.63) is 218 Å². The van der Waals surface area contributed by atoms with E-state index < -0.39 is 0 Å². The molecule has 12 aromatic rings. The summed E-state index contributed by atoms with van der Waals surface area (Å²) in [5, 5.41) is 23.7. The Labute approximate surface area is 314 Å². The van der Waals surface area contributed by atoms with E-state index in [-0.39, 0.29) is 0 Å². The maximum atomic E-state index is 2.30. The smallest absolute Gasteiger partial charge is 0.00268 e. The van der Waals surface area contributed by atoms with E-state index in [0.717, 1.165) is 0 Å². The van der Waals surface area contributed by atoms with Gasteiger partial charge in [-0.15, -0.1) is 0 Å². The summed E-state index contributed by atoms with van der Waals surface area (Å²) in [4.78, 5) is 0. The van der Waals surface area contributed by atoms with Crippen LogP contribution in [0.2, 0.25) is 0 Å².